The minimum atomic E-state index is -1.23. The number of anilines is 1. The van der Waals surface area contributed by atoms with Crippen LogP contribution in [0.1, 0.15) is 15.9 Å². The van der Waals surface area contributed by atoms with Gasteiger partial charge in [-0.15, -0.1) is 0 Å². The van der Waals surface area contributed by atoms with Gasteiger partial charge < -0.3 is 15.7 Å². The first kappa shape index (κ1) is 19.5. The van der Waals surface area contributed by atoms with Crippen molar-refractivity contribution >= 4 is 69.7 Å². The van der Waals surface area contributed by atoms with Gasteiger partial charge in [0, 0.05) is 10.0 Å². The van der Waals surface area contributed by atoms with E-state index in [1.807, 2.05) is 0 Å². The number of halogens is 3. The third kappa shape index (κ3) is 5.57. The molecule has 0 radical (unpaired) electrons. The summed E-state index contributed by atoms with van der Waals surface area (Å²) in [5, 5.41) is 15.0. The Morgan fingerprint density at radius 1 is 1.04 bits per heavy atom. The fourth-order valence-electron chi connectivity index (χ4n) is 1.97. The van der Waals surface area contributed by atoms with E-state index in [2.05, 4.69) is 10.6 Å². The summed E-state index contributed by atoms with van der Waals surface area (Å²) in [6, 6.07) is 9.39. The highest BCUT2D eigenvalue weighted by molar-refractivity contribution is 7.80. The van der Waals surface area contributed by atoms with Gasteiger partial charge >= 0.3 is 5.97 Å². The van der Waals surface area contributed by atoms with Crippen molar-refractivity contribution in [1.29, 1.82) is 0 Å². The van der Waals surface area contributed by atoms with E-state index in [4.69, 9.17) is 47.0 Å². The monoisotopic (exact) mass is 416 g/mol. The van der Waals surface area contributed by atoms with Crippen LogP contribution >= 0.6 is 47.0 Å². The number of benzene rings is 2. The van der Waals surface area contributed by atoms with Crippen LogP contribution in [0.4, 0.5) is 5.69 Å². The summed E-state index contributed by atoms with van der Waals surface area (Å²) in [4.78, 5) is 23.3. The zero-order valence-corrected chi connectivity index (χ0v) is 15.6. The molecule has 0 aliphatic heterocycles. The molecule has 0 aliphatic rings. The first-order chi connectivity index (χ1) is 11.8. The summed E-state index contributed by atoms with van der Waals surface area (Å²) in [6.45, 7) is 0. The van der Waals surface area contributed by atoms with Crippen molar-refractivity contribution in [2.24, 2.45) is 0 Å². The molecule has 0 saturated carbocycles. The van der Waals surface area contributed by atoms with Gasteiger partial charge in [-0.05, 0) is 42.0 Å². The van der Waals surface area contributed by atoms with Crippen LogP contribution in [0.3, 0.4) is 0 Å². The number of rotatable bonds is 4. The van der Waals surface area contributed by atoms with Gasteiger partial charge in [-0.2, -0.15) is 0 Å². The second-order valence-corrected chi connectivity index (χ2v) is 6.61. The number of amides is 1. The van der Waals surface area contributed by atoms with E-state index in [0.717, 1.165) is 5.56 Å². The Balaban J connectivity index is 2.06. The van der Waals surface area contributed by atoms with Crippen LogP contribution in [0, 0.1) is 0 Å². The van der Waals surface area contributed by atoms with Crippen LogP contribution in [-0.4, -0.2) is 22.1 Å². The van der Waals surface area contributed by atoms with Crippen LogP contribution < -0.4 is 10.6 Å². The summed E-state index contributed by atoms with van der Waals surface area (Å²) < 4.78 is 0. The van der Waals surface area contributed by atoms with Gasteiger partial charge in [0.25, 0.3) is 0 Å². The van der Waals surface area contributed by atoms with Crippen molar-refractivity contribution < 1.29 is 14.7 Å². The first-order valence-corrected chi connectivity index (χ1v) is 8.38. The number of aromatic carboxylic acids is 1. The SMILES string of the molecule is O=C(Cc1ccc(Cl)cc1)NC(=S)Nc1c(Cl)cc(Cl)cc1C(=O)O. The van der Waals surface area contributed by atoms with Crippen molar-refractivity contribution in [3.63, 3.8) is 0 Å². The van der Waals surface area contributed by atoms with Crippen molar-refractivity contribution in [2.75, 3.05) is 5.32 Å². The predicted molar refractivity (Wildman–Crippen MR) is 103 cm³/mol. The summed E-state index contributed by atoms with van der Waals surface area (Å²) in [6.07, 6.45) is 0.0825. The highest BCUT2D eigenvalue weighted by atomic mass is 35.5. The second kappa shape index (κ2) is 8.49. The van der Waals surface area contributed by atoms with Crippen LogP contribution in [0.2, 0.25) is 15.1 Å². The quantitative estimate of drug-likeness (QED) is 0.643. The average Bonchev–Trinajstić information content (AvgIpc) is 2.51. The molecule has 2 aromatic rings. The maximum Gasteiger partial charge on any atom is 0.337 e. The number of nitrogens with one attached hydrogen (secondary N) is 2. The molecule has 2 rings (SSSR count). The van der Waals surface area contributed by atoms with Gasteiger partial charge in [0.2, 0.25) is 5.91 Å². The average molecular weight is 418 g/mol. The molecule has 5 nitrogen and oxygen atoms in total. The van der Waals surface area contributed by atoms with E-state index in [1.165, 1.54) is 12.1 Å². The zero-order chi connectivity index (χ0) is 18.6. The smallest absolute Gasteiger partial charge is 0.337 e. The Morgan fingerprint density at radius 3 is 2.28 bits per heavy atom. The molecule has 2 aromatic carbocycles. The molecule has 0 saturated heterocycles. The molecule has 0 spiro atoms. The highest BCUT2D eigenvalue weighted by Crippen LogP contribution is 2.30. The molecule has 0 atom stereocenters. The fraction of sp³-hybridized carbons (Fsp3) is 0.0625. The molecule has 0 aromatic heterocycles. The second-order valence-electron chi connectivity index (χ2n) is 4.92. The third-order valence-corrected chi connectivity index (χ3v) is 4.03. The van der Waals surface area contributed by atoms with Crippen LogP contribution in [0.25, 0.3) is 0 Å². The largest absolute Gasteiger partial charge is 0.478 e. The van der Waals surface area contributed by atoms with Gasteiger partial charge in [0.1, 0.15) is 0 Å². The molecule has 3 N–H and O–H groups in total. The highest BCUT2D eigenvalue weighted by Gasteiger charge is 2.17. The van der Waals surface area contributed by atoms with E-state index in [0.29, 0.717) is 5.02 Å². The maximum absolute atomic E-state index is 12.0. The Labute approximate surface area is 163 Å². The maximum atomic E-state index is 12.0. The van der Waals surface area contributed by atoms with Gasteiger partial charge in [0.05, 0.1) is 22.7 Å². The lowest BCUT2D eigenvalue weighted by Crippen LogP contribution is -2.35. The standard InChI is InChI=1S/C16H11Cl3N2O3S/c17-9-3-1-8(2-4-9)5-13(22)20-16(25)21-14-11(15(23)24)6-10(18)7-12(14)19/h1-4,6-7H,5H2,(H,23,24)(H2,20,21,22,25). The van der Waals surface area contributed by atoms with Crippen molar-refractivity contribution in [3.05, 3.63) is 62.6 Å². The Kier molecular flexibility index (Phi) is 6.61. The van der Waals surface area contributed by atoms with E-state index >= 15 is 0 Å². The van der Waals surface area contributed by atoms with Crippen LogP contribution in [-0.2, 0) is 11.2 Å². The lowest BCUT2D eigenvalue weighted by Gasteiger charge is -2.13. The summed E-state index contributed by atoms with van der Waals surface area (Å²) in [5.74, 6) is -1.61. The zero-order valence-electron chi connectivity index (χ0n) is 12.5. The minimum Gasteiger partial charge on any atom is -0.478 e. The number of hydrogen-bond acceptors (Lipinski definition) is 3. The number of carbonyl (C=O) groups is 2. The third-order valence-electron chi connectivity index (χ3n) is 3.05. The molecule has 1 amide bonds. The van der Waals surface area contributed by atoms with Gasteiger partial charge in [-0.1, -0.05) is 46.9 Å². The lowest BCUT2D eigenvalue weighted by atomic mass is 10.1. The molecule has 0 fully saturated rings. The Hall–Kier alpha value is -1.86. The molecule has 9 heteroatoms. The van der Waals surface area contributed by atoms with Crippen LogP contribution in [0.5, 0.6) is 0 Å². The van der Waals surface area contributed by atoms with Crippen molar-refractivity contribution in [2.45, 2.75) is 6.42 Å². The minimum absolute atomic E-state index is 0.0513. The summed E-state index contributed by atoms with van der Waals surface area (Å²) in [7, 11) is 0. The molecule has 0 aliphatic carbocycles. The van der Waals surface area contributed by atoms with Crippen molar-refractivity contribution in [1.82, 2.24) is 5.32 Å². The fourth-order valence-corrected chi connectivity index (χ4v) is 2.86. The number of carbonyl (C=O) groups excluding carboxylic acids is 1. The molecule has 0 heterocycles. The first-order valence-electron chi connectivity index (χ1n) is 6.84. The summed E-state index contributed by atoms with van der Waals surface area (Å²) in [5.41, 5.74) is 0.641. The normalized spacial score (nSPS) is 10.2. The van der Waals surface area contributed by atoms with E-state index in [1.54, 1.807) is 24.3 Å². The van der Waals surface area contributed by atoms with E-state index in [-0.39, 0.29) is 38.7 Å². The number of hydrogen-bond donors (Lipinski definition) is 3. The van der Waals surface area contributed by atoms with Gasteiger partial charge in [-0.25, -0.2) is 4.79 Å². The van der Waals surface area contributed by atoms with Gasteiger partial charge in [0.15, 0.2) is 5.11 Å². The molecule has 25 heavy (non-hydrogen) atoms. The Morgan fingerprint density at radius 2 is 1.68 bits per heavy atom. The van der Waals surface area contributed by atoms with E-state index in [9.17, 15) is 14.7 Å². The van der Waals surface area contributed by atoms with Crippen molar-refractivity contribution in [3.8, 4) is 0 Å². The predicted octanol–water partition coefficient (Wildman–Crippen LogP) is 4.40. The van der Waals surface area contributed by atoms with E-state index < -0.39 is 5.97 Å². The Bertz CT molecular complexity index is 841. The van der Waals surface area contributed by atoms with Gasteiger partial charge in [-0.3, -0.25) is 4.79 Å². The summed E-state index contributed by atoms with van der Waals surface area (Å²) >= 11 is 22.6. The molecular weight excluding hydrogens is 407 g/mol. The lowest BCUT2D eigenvalue weighted by molar-refractivity contribution is -0.119. The number of thiocarbonyl (C=S) groups is 1. The topological polar surface area (TPSA) is 78.4 Å². The molecule has 0 unspecified atom stereocenters. The number of carboxylic acids is 1. The van der Waals surface area contributed by atoms with Crippen LogP contribution in [0.15, 0.2) is 36.4 Å². The molecule has 130 valence electrons. The molecule has 0 bridgehead atoms. The molecular formula is C16H11Cl3N2O3S. The number of carboxylic acid groups (broad SMARTS) is 1.